The smallest absolute Gasteiger partial charge is 0.199 e. The number of rotatable bonds is 6. The molecule has 0 amide bonds. The molecule has 0 spiro atoms. The summed E-state index contributed by atoms with van der Waals surface area (Å²) in [7, 11) is 0. The fourth-order valence-corrected chi connectivity index (χ4v) is 4.67. The van der Waals surface area contributed by atoms with Crippen LogP contribution in [0, 0.1) is 11.2 Å². The maximum atomic E-state index is 14.3. The van der Waals surface area contributed by atoms with Gasteiger partial charge in [-0.25, -0.2) is 4.39 Å². The van der Waals surface area contributed by atoms with Crippen molar-refractivity contribution in [3.63, 3.8) is 0 Å². The van der Waals surface area contributed by atoms with Crippen molar-refractivity contribution in [2.24, 2.45) is 5.41 Å². The predicted molar refractivity (Wildman–Crippen MR) is 94.4 cm³/mol. The number of hydrogen-bond donors (Lipinski definition) is 0. The van der Waals surface area contributed by atoms with Crippen LogP contribution in [0.2, 0.25) is 0 Å². The largest absolute Gasteiger partial charge is 0.465 e. The number of fused-ring (bicyclic) bond motifs is 3. The molecule has 5 rings (SSSR count). The van der Waals surface area contributed by atoms with Crippen LogP contribution in [-0.2, 0) is 19.9 Å². The molecule has 1 aromatic carbocycles. The maximum Gasteiger partial charge on any atom is 0.199 e. The van der Waals surface area contributed by atoms with E-state index in [0.29, 0.717) is 25.4 Å². The molecule has 3 heterocycles. The molecule has 4 fully saturated rings. The summed E-state index contributed by atoms with van der Waals surface area (Å²) in [4.78, 5) is 10.7. The highest BCUT2D eigenvalue weighted by molar-refractivity contribution is 5.49. The van der Waals surface area contributed by atoms with Crippen LogP contribution in [0.3, 0.4) is 0 Å². The summed E-state index contributed by atoms with van der Waals surface area (Å²) in [5.74, 6) is 0.225. The molecule has 2 bridgehead atoms. The van der Waals surface area contributed by atoms with Crippen molar-refractivity contribution in [3.8, 4) is 5.75 Å². The van der Waals surface area contributed by atoms with Crippen LogP contribution >= 0.6 is 0 Å². The van der Waals surface area contributed by atoms with Gasteiger partial charge in [-0.15, -0.1) is 0 Å². The maximum absolute atomic E-state index is 14.3. The van der Waals surface area contributed by atoms with Crippen molar-refractivity contribution < 1.29 is 23.4 Å². The van der Waals surface area contributed by atoms with E-state index in [2.05, 4.69) is 0 Å². The van der Waals surface area contributed by atoms with Crippen molar-refractivity contribution in [3.05, 3.63) is 29.6 Å². The van der Waals surface area contributed by atoms with Crippen molar-refractivity contribution in [1.29, 1.82) is 0 Å². The molecule has 4 nitrogen and oxygen atoms in total. The summed E-state index contributed by atoms with van der Waals surface area (Å²) in [6.45, 7) is 1.35. The predicted octanol–water partition coefficient (Wildman–Crippen LogP) is 4.50. The molecule has 4 aliphatic rings. The highest BCUT2D eigenvalue weighted by Gasteiger charge is 2.50. The summed E-state index contributed by atoms with van der Waals surface area (Å²) >= 11 is 0. The molecule has 1 unspecified atom stereocenters. The Balaban J connectivity index is 1.50. The standard InChI is InChI=1S/C21H27FO4/c22-17-12-16(13-18(14-17)26-19-4-1-2-11-24-19)21-8-6-20(7-9-21,15-25-21)5-3-10-23/h10,12-14,19H,1-9,11,15H2. The first-order valence-corrected chi connectivity index (χ1v) is 9.80. The topological polar surface area (TPSA) is 44.8 Å². The minimum atomic E-state index is -0.420. The summed E-state index contributed by atoms with van der Waals surface area (Å²) < 4.78 is 32.1. The van der Waals surface area contributed by atoms with Gasteiger partial charge in [0.1, 0.15) is 17.9 Å². The SMILES string of the molecule is O=CCCC12CCC(c3cc(F)cc(OC4CCCCO4)c3)(CC1)OC2. The minimum absolute atomic E-state index is 0.130. The van der Waals surface area contributed by atoms with E-state index in [1.807, 2.05) is 6.07 Å². The summed E-state index contributed by atoms with van der Waals surface area (Å²) in [5.41, 5.74) is 0.578. The van der Waals surface area contributed by atoms with E-state index < -0.39 is 5.60 Å². The normalized spacial score (nSPS) is 33.8. The Bertz CT molecular complexity index is 629. The monoisotopic (exact) mass is 362 g/mol. The molecule has 1 aromatic rings. The molecular weight excluding hydrogens is 335 g/mol. The van der Waals surface area contributed by atoms with Gasteiger partial charge in [-0.3, -0.25) is 0 Å². The molecule has 3 saturated heterocycles. The van der Waals surface area contributed by atoms with E-state index in [-0.39, 0.29) is 17.5 Å². The number of ether oxygens (including phenoxy) is 3. The van der Waals surface area contributed by atoms with Crippen LogP contribution in [0.15, 0.2) is 18.2 Å². The van der Waals surface area contributed by atoms with Gasteiger partial charge in [-0.1, -0.05) is 0 Å². The van der Waals surface area contributed by atoms with Gasteiger partial charge in [0, 0.05) is 18.9 Å². The lowest BCUT2D eigenvalue weighted by Crippen LogP contribution is -2.49. The zero-order valence-corrected chi connectivity index (χ0v) is 15.2. The number of benzene rings is 1. The Hall–Kier alpha value is -1.46. The second kappa shape index (κ2) is 7.28. The van der Waals surface area contributed by atoms with Gasteiger partial charge in [0.15, 0.2) is 6.29 Å². The van der Waals surface area contributed by atoms with Crippen LogP contribution in [0.4, 0.5) is 4.39 Å². The third-order valence-electron chi connectivity index (χ3n) is 6.37. The summed E-state index contributed by atoms with van der Waals surface area (Å²) in [5, 5.41) is 0. The lowest BCUT2D eigenvalue weighted by atomic mass is 9.62. The number of halogens is 1. The third kappa shape index (κ3) is 3.52. The molecule has 1 atom stereocenters. The second-order valence-corrected chi connectivity index (χ2v) is 8.08. The molecule has 1 saturated carbocycles. The van der Waals surface area contributed by atoms with Crippen LogP contribution < -0.4 is 4.74 Å². The van der Waals surface area contributed by atoms with E-state index in [0.717, 1.165) is 63.2 Å². The Morgan fingerprint density at radius 1 is 1.19 bits per heavy atom. The van der Waals surface area contributed by atoms with Gasteiger partial charge >= 0.3 is 0 Å². The highest BCUT2D eigenvalue weighted by Crippen LogP contribution is 2.55. The molecule has 1 aliphatic carbocycles. The summed E-state index contributed by atoms with van der Waals surface area (Å²) in [6.07, 6.45) is 8.95. The van der Waals surface area contributed by atoms with E-state index in [1.54, 1.807) is 6.07 Å². The van der Waals surface area contributed by atoms with Crippen LogP contribution in [0.25, 0.3) is 0 Å². The molecular formula is C21H27FO4. The zero-order valence-electron chi connectivity index (χ0n) is 15.2. The third-order valence-corrected chi connectivity index (χ3v) is 6.37. The Labute approximate surface area is 154 Å². The van der Waals surface area contributed by atoms with Crippen LogP contribution in [0.5, 0.6) is 5.75 Å². The first-order chi connectivity index (χ1) is 12.6. The van der Waals surface area contributed by atoms with E-state index in [9.17, 15) is 9.18 Å². The van der Waals surface area contributed by atoms with Crippen molar-refractivity contribution in [2.75, 3.05) is 13.2 Å². The number of hydrogen-bond acceptors (Lipinski definition) is 4. The number of carbonyl (C=O) groups is 1. The second-order valence-electron chi connectivity index (χ2n) is 8.08. The average Bonchev–Trinajstić information content (AvgIpc) is 2.68. The van der Waals surface area contributed by atoms with Gasteiger partial charge in [-0.05, 0) is 68.1 Å². The van der Waals surface area contributed by atoms with Gasteiger partial charge in [0.2, 0.25) is 0 Å². The Kier molecular flexibility index (Phi) is 5.02. The molecule has 0 N–H and O–H groups in total. The Morgan fingerprint density at radius 3 is 2.69 bits per heavy atom. The zero-order chi connectivity index (χ0) is 18.0. The highest BCUT2D eigenvalue weighted by atomic mass is 19.1. The lowest BCUT2D eigenvalue weighted by molar-refractivity contribution is -0.191. The van der Waals surface area contributed by atoms with Crippen molar-refractivity contribution in [1.82, 2.24) is 0 Å². The Morgan fingerprint density at radius 2 is 2.04 bits per heavy atom. The minimum Gasteiger partial charge on any atom is -0.465 e. The van der Waals surface area contributed by atoms with Gasteiger partial charge in [0.25, 0.3) is 0 Å². The van der Waals surface area contributed by atoms with Gasteiger partial charge < -0.3 is 19.0 Å². The fourth-order valence-electron chi connectivity index (χ4n) is 4.67. The number of carbonyl (C=O) groups excluding carboxylic acids is 1. The lowest BCUT2D eigenvalue weighted by Gasteiger charge is -2.53. The molecule has 0 aromatic heterocycles. The molecule has 5 heteroatoms. The van der Waals surface area contributed by atoms with Crippen LogP contribution in [0.1, 0.15) is 63.4 Å². The van der Waals surface area contributed by atoms with E-state index in [4.69, 9.17) is 14.2 Å². The van der Waals surface area contributed by atoms with E-state index >= 15 is 0 Å². The summed E-state index contributed by atoms with van der Waals surface area (Å²) in [6, 6.07) is 4.93. The van der Waals surface area contributed by atoms with Crippen LogP contribution in [-0.4, -0.2) is 25.8 Å². The molecule has 26 heavy (non-hydrogen) atoms. The van der Waals surface area contributed by atoms with E-state index in [1.165, 1.54) is 6.07 Å². The van der Waals surface area contributed by atoms with Gasteiger partial charge in [0.05, 0.1) is 18.8 Å². The fraction of sp³-hybridized carbons (Fsp3) is 0.667. The van der Waals surface area contributed by atoms with Crippen molar-refractivity contribution >= 4 is 6.29 Å². The quantitative estimate of drug-likeness (QED) is 0.699. The average molecular weight is 362 g/mol. The molecule has 142 valence electrons. The van der Waals surface area contributed by atoms with Gasteiger partial charge in [-0.2, -0.15) is 0 Å². The molecule has 0 radical (unpaired) electrons. The number of aldehydes is 1. The first-order valence-electron chi connectivity index (χ1n) is 9.80. The van der Waals surface area contributed by atoms with Crippen molar-refractivity contribution in [2.45, 2.75) is 69.7 Å². The first kappa shape index (κ1) is 17.9. The molecule has 3 aliphatic heterocycles.